The van der Waals surface area contributed by atoms with Gasteiger partial charge in [-0.1, -0.05) is 12.1 Å². The Morgan fingerprint density at radius 3 is 2.85 bits per heavy atom. The third-order valence-electron chi connectivity index (χ3n) is 4.42. The Morgan fingerprint density at radius 1 is 1.41 bits per heavy atom. The van der Waals surface area contributed by atoms with Gasteiger partial charge in [0, 0.05) is 26.2 Å². The Bertz CT molecular complexity index is 882. The number of hydrogen-bond donors (Lipinski definition) is 4. The number of hydrogen-bond acceptors (Lipinski definition) is 6. The molecule has 0 bridgehead atoms. The standard InChI is InChI=1S/C18H22FN5O3/c1-20-10-14-17-23-13(16(26)18(27)24(17)7-6-21-14)8-15(25)22-9-11-2-4-12(19)5-3-11/h2-5,14,20-21,26H,6-10H2,1H3,(H,22,25). The molecule has 0 fully saturated rings. The highest BCUT2D eigenvalue weighted by molar-refractivity contribution is 5.78. The van der Waals surface area contributed by atoms with Gasteiger partial charge < -0.3 is 21.1 Å². The van der Waals surface area contributed by atoms with Crippen molar-refractivity contribution < 1.29 is 14.3 Å². The van der Waals surface area contributed by atoms with Gasteiger partial charge in [0.25, 0.3) is 5.56 Å². The molecule has 144 valence electrons. The highest BCUT2D eigenvalue weighted by Gasteiger charge is 2.25. The van der Waals surface area contributed by atoms with Crippen LogP contribution < -0.4 is 21.5 Å². The predicted molar refractivity (Wildman–Crippen MR) is 96.8 cm³/mol. The molecule has 2 aromatic rings. The van der Waals surface area contributed by atoms with Crippen LogP contribution in [0.15, 0.2) is 29.1 Å². The molecule has 9 heteroatoms. The van der Waals surface area contributed by atoms with Gasteiger partial charge in [-0.2, -0.15) is 0 Å². The lowest BCUT2D eigenvalue weighted by Gasteiger charge is -2.27. The molecule has 27 heavy (non-hydrogen) atoms. The highest BCUT2D eigenvalue weighted by Crippen LogP contribution is 2.18. The molecule has 1 amide bonds. The first-order valence-corrected chi connectivity index (χ1v) is 8.71. The van der Waals surface area contributed by atoms with E-state index in [0.717, 1.165) is 5.56 Å². The SMILES string of the molecule is CNCC1NCCn2c1nc(CC(=O)NCc1ccc(F)cc1)c(O)c2=O. The van der Waals surface area contributed by atoms with Crippen molar-refractivity contribution >= 4 is 5.91 Å². The van der Waals surface area contributed by atoms with E-state index in [-0.39, 0.29) is 36.4 Å². The molecule has 0 saturated heterocycles. The molecule has 1 aliphatic heterocycles. The van der Waals surface area contributed by atoms with E-state index in [2.05, 4.69) is 20.9 Å². The summed E-state index contributed by atoms with van der Waals surface area (Å²) in [5.41, 5.74) is 0.252. The molecular formula is C18H22FN5O3. The second-order valence-corrected chi connectivity index (χ2v) is 6.37. The third kappa shape index (κ3) is 4.32. The second kappa shape index (κ2) is 8.28. The van der Waals surface area contributed by atoms with Crippen molar-refractivity contribution in [2.45, 2.75) is 25.6 Å². The first kappa shape index (κ1) is 19.0. The van der Waals surface area contributed by atoms with Gasteiger partial charge in [0.15, 0.2) is 0 Å². The van der Waals surface area contributed by atoms with Gasteiger partial charge >= 0.3 is 0 Å². The number of benzene rings is 1. The van der Waals surface area contributed by atoms with E-state index in [9.17, 15) is 19.1 Å². The molecule has 1 aromatic heterocycles. The third-order valence-corrected chi connectivity index (χ3v) is 4.42. The number of nitrogens with zero attached hydrogens (tertiary/aromatic N) is 2. The molecule has 1 aliphatic rings. The van der Waals surface area contributed by atoms with E-state index in [1.165, 1.54) is 16.7 Å². The fraction of sp³-hybridized carbons (Fsp3) is 0.389. The normalized spacial score (nSPS) is 16.0. The largest absolute Gasteiger partial charge is 0.502 e. The van der Waals surface area contributed by atoms with E-state index in [0.29, 0.717) is 25.5 Å². The summed E-state index contributed by atoms with van der Waals surface area (Å²) in [5, 5.41) is 19.1. The van der Waals surface area contributed by atoms with Gasteiger partial charge in [0.1, 0.15) is 11.6 Å². The van der Waals surface area contributed by atoms with Crippen LogP contribution in [0, 0.1) is 5.82 Å². The van der Waals surface area contributed by atoms with E-state index >= 15 is 0 Å². The van der Waals surface area contributed by atoms with Gasteiger partial charge in [-0.15, -0.1) is 0 Å². The number of amides is 1. The van der Waals surface area contributed by atoms with Crippen LogP contribution in [0.3, 0.4) is 0 Å². The van der Waals surface area contributed by atoms with Crippen molar-refractivity contribution in [2.75, 3.05) is 20.1 Å². The van der Waals surface area contributed by atoms with Crippen LogP contribution in [0.5, 0.6) is 5.75 Å². The van der Waals surface area contributed by atoms with E-state index in [1.54, 1.807) is 19.2 Å². The summed E-state index contributed by atoms with van der Waals surface area (Å²) in [5.74, 6) is -0.737. The van der Waals surface area contributed by atoms with E-state index in [4.69, 9.17) is 0 Å². The molecular weight excluding hydrogens is 353 g/mol. The minimum absolute atomic E-state index is 0.0488. The molecule has 0 saturated carbocycles. The summed E-state index contributed by atoms with van der Waals surface area (Å²) < 4.78 is 14.4. The number of rotatable bonds is 6. The Hall–Kier alpha value is -2.78. The summed E-state index contributed by atoms with van der Waals surface area (Å²) in [7, 11) is 1.79. The van der Waals surface area contributed by atoms with Crippen LogP contribution >= 0.6 is 0 Å². The minimum Gasteiger partial charge on any atom is -0.502 e. The molecule has 8 nitrogen and oxygen atoms in total. The van der Waals surface area contributed by atoms with E-state index in [1.807, 2.05) is 0 Å². The lowest BCUT2D eigenvalue weighted by molar-refractivity contribution is -0.120. The van der Waals surface area contributed by atoms with Crippen LogP contribution in [-0.4, -0.2) is 40.7 Å². The van der Waals surface area contributed by atoms with Gasteiger partial charge in [-0.3, -0.25) is 14.2 Å². The van der Waals surface area contributed by atoms with Crippen molar-refractivity contribution in [3.63, 3.8) is 0 Å². The maximum atomic E-state index is 12.9. The van der Waals surface area contributed by atoms with Crippen LogP contribution in [0.1, 0.15) is 23.1 Å². The maximum Gasteiger partial charge on any atom is 0.296 e. The van der Waals surface area contributed by atoms with Crippen LogP contribution in [-0.2, 0) is 24.3 Å². The first-order valence-electron chi connectivity index (χ1n) is 8.71. The van der Waals surface area contributed by atoms with Gasteiger partial charge in [0.2, 0.25) is 11.7 Å². The summed E-state index contributed by atoms with van der Waals surface area (Å²) in [6, 6.07) is 5.59. The molecule has 0 aliphatic carbocycles. The predicted octanol–water partition coefficient (Wildman–Crippen LogP) is -0.189. The monoisotopic (exact) mass is 375 g/mol. The quantitative estimate of drug-likeness (QED) is 0.557. The zero-order valence-electron chi connectivity index (χ0n) is 15.0. The zero-order valence-corrected chi connectivity index (χ0v) is 15.0. The van der Waals surface area contributed by atoms with Gasteiger partial charge in [-0.05, 0) is 24.7 Å². The second-order valence-electron chi connectivity index (χ2n) is 6.37. The number of likely N-dealkylation sites (N-methyl/N-ethyl adjacent to an activating group) is 1. The molecule has 4 N–H and O–H groups in total. The average Bonchev–Trinajstić information content (AvgIpc) is 2.66. The van der Waals surface area contributed by atoms with Crippen LogP contribution in [0.25, 0.3) is 0 Å². The maximum absolute atomic E-state index is 12.9. The lowest BCUT2D eigenvalue weighted by Crippen LogP contribution is -2.44. The molecule has 1 aromatic carbocycles. The van der Waals surface area contributed by atoms with Crippen molar-refractivity contribution in [2.24, 2.45) is 0 Å². The van der Waals surface area contributed by atoms with Crippen molar-refractivity contribution in [1.82, 2.24) is 25.5 Å². The number of carbonyl (C=O) groups excluding carboxylic acids is 1. The summed E-state index contributed by atoms with van der Waals surface area (Å²) >= 11 is 0. The van der Waals surface area contributed by atoms with Crippen molar-refractivity contribution in [3.05, 3.63) is 57.5 Å². The molecule has 0 radical (unpaired) electrons. The topological polar surface area (TPSA) is 108 Å². The fourth-order valence-electron chi connectivity index (χ4n) is 3.04. The number of nitrogens with one attached hydrogen (secondary N) is 3. The van der Waals surface area contributed by atoms with Gasteiger partial charge in [-0.25, -0.2) is 9.37 Å². The summed E-state index contributed by atoms with van der Waals surface area (Å²) in [6.07, 6.45) is -0.220. The Labute approximate surface area is 155 Å². The highest BCUT2D eigenvalue weighted by atomic mass is 19.1. The van der Waals surface area contributed by atoms with Gasteiger partial charge in [0.05, 0.1) is 18.2 Å². The number of halogens is 1. The molecule has 1 atom stereocenters. The number of fused-ring (bicyclic) bond motifs is 1. The Kier molecular flexibility index (Phi) is 5.82. The summed E-state index contributed by atoms with van der Waals surface area (Å²) in [6.45, 7) is 1.78. The molecule has 2 heterocycles. The smallest absolute Gasteiger partial charge is 0.296 e. The lowest BCUT2D eigenvalue weighted by atomic mass is 10.1. The number of aromatic hydroxyl groups is 1. The Balaban J connectivity index is 1.75. The average molecular weight is 375 g/mol. The van der Waals surface area contributed by atoms with Crippen LogP contribution in [0.2, 0.25) is 0 Å². The summed E-state index contributed by atoms with van der Waals surface area (Å²) in [4.78, 5) is 29.0. The number of aromatic nitrogens is 2. The van der Waals surface area contributed by atoms with Crippen LogP contribution in [0.4, 0.5) is 4.39 Å². The zero-order chi connectivity index (χ0) is 19.4. The minimum atomic E-state index is -0.538. The molecule has 0 spiro atoms. The number of carbonyl (C=O) groups is 1. The fourth-order valence-corrected chi connectivity index (χ4v) is 3.04. The molecule has 1 unspecified atom stereocenters. The van der Waals surface area contributed by atoms with Crippen molar-refractivity contribution in [1.29, 1.82) is 0 Å². The van der Waals surface area contributed by atoms with E-state index < -0.39 is 11.3 Å². The first-order chi connectivity index (χ1) is 13.0. The van der Waals surface area contributed by atoms with Crippen molar-refractivity contribution in [3.8, 4) is 5.75 Å². The molecule has 3 rings (SSSR count). The Morgan fingerprint density at radius 2 is 2.15 bits per heavy atom.